The number of hydrogen-bond donors (Lipinski definition) is 5. The Balaban J connectivity index is 2.16. The fraction of sp³-hybridized carbons (Fsp3) is 0.571. The minimum atomic E-state index is -5.02. The fourth-order valence-electron chi connectivity index (χ4n) is 3.41. The predicted molar refractivity (Wildman–Crippen MR) is 118 cm³/mol. The number of carbonyl (C=O) groups excluding carboxylic acids is 3. The summed E-state index contributed by atoms with van der Waals surface area (Å²) in [5, 5.41) is 17.1. The molecule has 1 heterocycles. The van der Waals surface area contributed by atoms with Crippen LogP contribution in [0.25, 0.3) is 0 Å². The summed E-state index contributed by atoms with van der Waals surface area (Å²) < 4.78 is 66.2. The van der Waals surface area contributed by atoms with Gasteiger partial charge in [0.1, 0.15) is 18.4 Å². The molecule has 0 spiro atoms. The van der Waals surface area contributed by atoms with E-state index in [1.165, 1.54) is 0 Å². The molecule has 1 fully saturated rings. The Bertz CT molecular complexity index is 1060. The summed E-state index contributed by atoms with van der Waals surface area (Å²) in [6.07, 6.45) is -1.29. The van der Waals surface area contributed by atoms with Gasteiger partial charge in [-0.05, 0) is 42.9 Å². The maximum atomic E-state index is 13.1. The van der Waals surface area contributed by atoms with E-state index in [1.807, 2.05) is 0 Å². The number of nitrogens with one attached hydrogen (secondary N) is 3. The van der Waals surface area contributed by atoms with Gasteiger partial charge in [0.15, 0.2) is 0 Å². The third-order valence-electron chi connectivity index (χ3n) is 5.10. The molecule has 1 saturated heterocycles. The average Bonchev–Trinajstić information content (AvgIpc) is 3.15. The summed E-state index contributed by atoms with van der Waals surface area (Å²) in [5.74, 6) is -2.88. The van der Waals surface area contributed by atoms with Crippen LogP contribution in [-0.4, -0.2) is 60.0 Å². The Morgan fingerprint density at radius 2 is 1.94 bits per heavy atom. The zero-order chi connectivity index (χ0) is 27.3. The molecule has 5 N–H and O–H groups in total. The average molecular weight is 506 g/mol. The molecule has 1 aromatic carbocycles. The van der Waals surface area contributed by atoms with Crippen LogP contribution < -0.4 is 16.0 Å². The smallest absolute Gasteiger partial charge is 0.408 e. The maximum Gasteiger partial charge on any atom is 0.408 e. The number of alkyl carbamates (subject to hydrolysis) is 1. The van der Waals surface area contributed by atoms with Gasteiger partial charge >= 0.3 is 6.09 Å². The fourth-order valence-corrected chi connectivity index (χ4v) is 4.01. The van der Waals surface area contributed by atoms with Crippen LogP contribution in [0.2, 0.25) is 0 Å². The van der Waals surface area contributed by atoms with Gasteiger partial charge in [-0.15, -0.1) is 0 Å². The van der Waals surface area contributed by atoms with Crippen molar-refractivity contribution in [3.8, 4) is 0 Å². The largest absolute Gasteiger partial charge is 0.445 e. The number of benzene rings is 1. The molecule has 1 aliphatic heterocycles. The van der Waals surface area contributed by atoms with Crippen molar-refractivity contribution in [2.75, 3.05) is 6.54 Å². The highest BCUT2D eigenvalue weighted by Crippen LogP contribution is 2.20. The lowest BCUT2D eigenvalue weighted by molar-refractivity contribution is -0.126. The van der Waals surface area contributed by atoms with Crippen molar-refractivity contribution in [1.29, 1.82) is 0 Å². The number of hydrogen-bond acceptors (Lipinski definition) is 7. The zero-order valence-electron chi connectivity index (χ0n) is 20.7. The minimum Gasteiger partial charge on any atom is -0.445 e. The van der Waals surface area contributed by atoms with Gasteiger partial charge in [0.05, 0.1) is 8.78 Å². The molecular weight excluding hydrogens is 473 g/mol. The summed E-state index contributed by atoms with van der Waals surface area (Å²) >= 11 is 0. The molecule has 13 heteroatoms. The van der Waals surface area contributed by atoms with Crippen molar-refractivity contribution in [2.45, 2.75) is 57.2 Å². The number of aliphatic hydroxyl groups is 1. The van der Waals surface area contributed by atoms with Crippen LogP contribution in [0, 0.1) is 17.7 Å². The lowest BCUT2D eigenvalue weighted by Crippen LogP contribution is -2.54. The van der Waals surface area contributed by atoms with Gasteiger partial charge < -0.3 is 25.8 Å². The SMILES string of the molecule is [2H]C([2H])(OC(=O)NC(CC(C)C)C(=O)NC(C[C@@H]1CCNC1=O)[C@@H](O)S(=O)(=O)O)c1ccc(F)cc1. The van der Waals surface area contributed by atoms with E-state index in [4.69, 9.17) is 7.48 Å². The second-order valence-electron chi connectivity index (χ2n) is 8.36. The lowest BCUT2D eigenvalue weighted by Gasteiger charge is -2.27. The van der Waals surface area contributed by atoms with Crippen LogP contribution >= 0.6 is 0 Å². The van der Waals surface area contributed by atoms with E-state index in [2.05, 4.69) is 16.0 Å². The van der Waals surface area contributed by atoms with Crippen molar-refractivity contribution in [2.24, 2.45) is 11.8 Å². The molecule has 34 heavy (non-hydrogen) atoms. The van der Waals surface area contributed by atoms with Gasteiger partial charge in [-0.2, -0.15) is 8.42 Å². The van der Waals surface area contributed by atoms with Crippen molar-refractivity contribution < 1.29 is 44.3 Å². The Hall–Kier alpha value is -2.77. The second kappa shape index (κ2) is 12.1. The van der Waals surface area contributed by atoms with E-state index in [0.717, 1.165) is 24.3 Å². The second-order valence-corrected chi connectivity index (χ2v) is 9.87. The lowest BCUT2D eigenvalue weighted by atomic mass is 9.97. The Kier molecular flexibility index (Phi) is 8.66. The summed E-state index contributed by atoms with van der Waals surface area (Å²) in [6, 6.07) is 1.20. The van der Waals surface area contributed by atoms with E-state index < -0.39 is 63.8 Å². The number of carbonyl (C=O) groups is 3. The molecule has 3 amide bonds. The minimum absolute atomic E-state index is 0.0130. The topological polar surface area (TPSA) is 171 Å². The van der Waals surface area contributed by atoms with Crippen molar-refractivity contribution >= 4 is 28.0 Å². The van der Waals surface area contributed by atoms with E-state index in [9.17, 15) is 36.9 Å². The quantitative estimate of drug-likeness (QED) is 0.273. The summed E-state index contributed by atoms with van der Waals surface area (Å²) in [4.78, 5) is 37.3. The third kappa shape index (κ3) is 8.54. The van der Waals surface area contributed by atoms with Gasteiger partial charge in [-0.25, -0.2) is 9.18 Å². The molecule has 2 unspecified atom stereocenters. The van der Waals surface area contributed by atoms with E-state index >= 15 is 0 Å². The zero-order valence-corrected chi connectivity index (χ0v) is 19.5. The van der Waals surface area contributed by atoms with Gasteiger partial charge in [-0.3, -0.25) is 14.1 Å². The number of ether oxygens (including phenoxy) is 1. The maximum absolute atomic E-state index is 13.1. The van der Waals surface area contributed by atoms with E-state index in [-0.39, 0.29) is 24.3 Å². The third-order valence-corrected chi connectivity index (χ3v) is 6.04. The number of aliphatic hydroxyl groups excluding tert-OH is 1. The van der Waals surface area contributed by atoms with Crippen LogP contribution in [0.1, 0.15) is 41.4 Å². The molecule has 0 radical (unpaired) electrons. The first-order valence-corrected chi connectivity index (χ1v) is 12.1. The van der Waals surface area contributed by atoms with E-state index in [1.54, 1.807) is 13.8 Å². The summed E-state index contributed by atoms with van der Waals surface area (Å²) in [5.41, 5.74) is -2.59. The highest BCUT2D eigenvalue weighted by atomic mass is 32.2. The number of halogens is 1. The summed E-state index contributed by atoms with van der Waals surface area (Å²) in [7, 11) is -5.02. The Morgan fingerprint density at radius 1 is 1.29 bits per heavy atom. The molecule has 0 saturated carbocycles. The van der Waals surface area contributed by atoms with Crippen molar-refractivity contribution in [3.05, 3.63) is 35.6 Å². The van der Waals surface area contributed by atoms with Crippen molar-refractivity contribution in [1.82, 2.24) is 16.0 Å². The number of amides is 3. The Morgan fingerprint density at radius 3 is 2.47 bits per heavy atom. The monoisotopic (exact) mass is 505 g/mol. The Labute approximate surface area is 200 Å². The van der Waals surface area contributed by atoms with Crippen molar-refractivity contribution in [3.63, 3.8) is 0 Å². The molecule has 11 nitrogen and oxygen atoms in total. The molecule has 0 aliphatic carbocycles. The first kappa shape index (κ1) is 24.4. The van der Waals surface area contributed by atoms with Crippen LogP contribution in [0.3, 0.4) is 0 Å². The normalized spacial score (nSPS) is 19.9. The van der Waals surface area contributed by atoms with Crippen LogP contribution in [0.15, 0.2) is 24.3 Å². The highest BCUT2D eigenvalue weighted by molar-refractivity contribution is 7.86. The molecular formula is C21H30FN3O8S. The highest BCUT2D eigenvalue weighted by Gasteiger charge is 2.37. The molecule has 2 rings (SSSR count). The van der Waals surface area contributed by atoms with Crippen LogP contribution in [-0.2, 0) is 31.0 Å². The van der Waals surface area contributed by atoms with Gasteiger partial charge in [0.25, 0.3) is 10.1 Å². The van der Waals surface area contributed by atoms with Gasteiger partial charge in [-0.1, -0.05) is 26.0 Å². The van der Waals surface area contributed by atoms with Crippen LogP contribution in [0.4, 0.5) is 9.18 Å². The molecule has 1 aromatic rings. The summed E-state index contributed by atoms with van der Waals surface area (Å²) in [6.45, 7) is 1.10. The van der Waals surface area contributed by atoms with E-state index in [0.29, 0.717) is 13.0 Å². The standard InChI is InChI=1S/C21H30FN3O8S/c1-12(2)9-16(25-21(29)33-11-13-3-5-15(22)6-4-13)19(27)24-17(20(28)34(30,31)32)10-14-7-8-23-18(14)26/h3-6,12,14,16-17,20,28H,7-11H2,1-2H3,(H,23,26)(H,24,27)(H,25,29)(H,30,31,32)/t14-,16?,17?,20-/m0/s1/i11D2. The first-order chi connectivity index (χ1) is 16.6. The first-order valence-electron chi connectivity index (χ1n) is 11.6. The molecule has 0 aromatic heterocycles. The molecule has 1 aliphatic rings. The number of rotatable bonds is 11. The van der Waals surface area contributed by atoms with Gasteiger partial charge in [0, 0.05) is 12.5 Å². The van der Waals surface area contributed by atoms with Crippen LogP contribution in [0.5, 0.6) is 0 Å². The van der Waals surface area contributed by atoms with Gasteiger partial charge in [0.2, 0.25) is 17.3 Å². The molecule has 4 atom stereocenters. The molecule has 190 valence electrons. The predicted octanol–water partition coefficient (Wildman–Crippen LogP) is 0.684. The molecule has 0 bridgehead atoms.